The summed E-state index contributed by atoms with van der Waals surface area (Å²) in [5.74, 6) is 0.553. The third-order valence-electron chi connectivity index (χ3n) is 4.66. The normalized spacial score (nSPS) is 15.5. The van der Waals surface area contributed by atoms with E-state index in [-0.39, 0.29) is 12.4 Å². The zero-order valence-electron chi connectivity index (χ0n) is 13.6. The molecule has 4 nitrogen and oxygen atoms in total. The zero-order valence-corrected chi connectivity index (χ0v) is 14.3. The Labute approximate surface area is 147 Å². The number of aliphatic hydroxyl groups excluding tert-OH is 1. The highest BCUT2D eigenvalue weighted by molar-refractivity contribution is 6.32. The van der Waals surface area contributed by atoms with Crippen molar-refractivity contribution in [3.8, 4) is 5.75 Å². The lowest BCUT2D eigenvalue weighted by Crippen LogP contribution is -2.35. The Morgan fingerprint density at radius 1 is 1.08 bits per heavy atom. The number of piperidine rings is 1. The molecule has 2 aromatic rings. The molecule has 3 N–H and O–H groups in total. The number of nitrogens with zero attached hydrogens (tertiary/aromatic N) is 1. The van der Waals surface area contributed by atoms with Gasteiger partial charge in [-0.15, -0.1) is 0 Å². The molecule has 0 radical (unpaired) electrons. The zero-order chi connectivity index (χ0) is 16.9. The molecule has 0 aromatic heterocycles. The molecule has 0 spiro atoms. The summed E-state index contributed by atoms with van der Waals surface area (Å²) in [6.45, 7) is 2.69. The van der Waals surface area contributed by atoms with Crippen LogP contribution in [0.3, 0.4) is 0 Å². The predicted octanol–water partition coefficient (Wildman–Crippen LogP) is 3.87. The van der Waals surface area contributed by atoms with Gasteiger partial charge in [0.25, 0.3) is 0 Å². The number of hydrogen-bond acceptors (Lipinski definition) is 4. The summed E-state index contributed by atoms with van der Waals surface area (Å²) in [6.07, 6.45) is 2.03. The lowest BCUT2D eigenvalue weighted by Gasteiger charge is -2.34. The number of hydrogen-bond donors (Lipinski definition) is 3. The van der Waals surface area contributed by atoms with Gasteiger partial charge in [0.05, 0.1) is 16.4 Å². The van der Waals surface area contributed by atoms with Crippen molar-refractivity contribution in [3.05, 3.63) is 53.1 Å². The molecular formula is C19H23ClN2O2. The van der Waals surface area contributed by atoms with Gasteiger partial charge in [0.15, 0.2) is 0 Å². The van der Waals surface area contributed by atoms with Gasteiger partial charge in [0, 0.05) is 31.8 Å². The van der Waals surface area contributed by atoms with E-state index in [0.717, 1.165) is 42.9 Å². The molecule has 24 heavy (non-hydrogen) atoms. The van der Waals surface area contributed by atoms with Gasteiger partial charge in [0.1, 0.15) is 5.75 Å². The molecule has 0 atom stereocenters. The Morgan fingerprint density at radius 3 is 2.58 bits per heavy atom. The molecular weight excluding hydrogens is 324 g/mol. The highest BCUT2D eigenvalue weighted by Crippen LogP contribution is 2.32. The average molecular weight is 347 g/mol. The molecule has 0 bridgehead atoms. The van der Waals surface area contributed by atoms with E-state index < -0.39 is 0 Å². The molecule has 1 heterocycles. The molecule has 1 saturated heterocycles. The topological polar surface area (TPSA) is 55.7 Å². The van der Waals surface area contributed by atoms with Crippen molar-refractivity contribution in [2.45, 2.75) is 19.4 Å². The van der Waals surface area contributed by atoms with Crippen LogP contribution in [0.25, 0.3) is 0 Å². The maximum absolute atomic E-state index is 10.0. The summed E-state index contributed by atoms with van der Waals surface area (Å²) < 4.78 is 0. The van der Waals surface area contributed by atoms with Crippen molar-refractivity contribution < 1.29 is 10.2 Å². The molecule has 1 aliphatic rings. The van der Waals surface area contributed by atoms with Gasteiger partial charge in [-0.3, -0.25) is 0 Å². The van der Waals surface area contributed by atoms with E-state index in [1.807, 2.05) is 24.3 Å². The van der Waals surface area contributed by atoms with Crippen LogP contribution in [0.5, 0.6) is 5.75 Å². The van der Waals surface area contributed by atoms with Gasteiger partial charge < -0.3 is 20.4 Å². The molecule has 2 aromatic carbocycles. The van der Waals surface area contributed by atoms with Crippen molar-refractivity contribution in [2.75, 3.05) is 29.9 Å². The second-order valence-electron chi connectivity index (χ2n) is 6.23. The minimum Gasteiger partial charge on any atom is -0.506 e. The van der Waals surface area contributed by atoms with Gasteiger partial charge in [-0.1, -0.05) is 35.9 Å². The summed E-state index contributed by atoms with van der Waals surface area (Å²) in [7, 11) is 0. The van der Waals surface area contributed by atoms with Crippen molar-refractivity contribution in [2.24, 2.45) is 5.92 Å². The van der Waals surface area contributed by atoms with Crippen molar-refractivity contribution in [3.63, 3.8) is 0 Å². The van der Waals surface area contributed by atoms with Crippen LogP contribution >= 0.6 is 11.6 Å². The third kappa shape index (κ3) is 3.77. The van der Waals surface area contributed by atoms with Crippen LogP contribution < -0.4 is 10.2 Å². The number of aliphatic hydroxyl groups is 1. The van der Waals surface area contributed by atoms with E-state index in [0.29, 0.717) is 17.5 Å². The Morgan fingerprint density at radius 2 is 1.83 bits per heavy atom. The van der Waals surface area contributed by atoms with Crippen LogP contribution in [0, 0.1) is 5.92 Å². The van der Waals surface area contributed by atoms with Crippen LogP contribution in [0.15, 0.2) is 42.5 Å². The molecule has 1 aliphatic heterocycles. The molecule has 0 saturated carbocycles. The first-order valence-electron chi connectivity index (χ1n) is 8.34. The van der Waals surface area contributed by atoms with Crippen LogP contribution in [0.1, 0.15) is 18.4 Å². The number of anilines is 2. The molecule has 3 rings (SSSR count). The minimum absolute atomic E-state index is 0.132. The van der Waals surface area contributed by atoms with Gasteiger partial charge >= 0.3 is 0 Å². The third-order valence-corrected chi connectivity index (χ3v) is 4.96. The van der Waals surface area contributed by atoms with E-state index in [1.165, 1.54) is 0 Å². The standard InChI is InChI=1S/C19H23ClN2O2/c20-16-5-3-4-15(19(16)24)12-21-17-6-1-2-7-18(17)22-10-8-14(13-23)9-11-22/h1-7,14,21,23-24H,8-13H2. The SMILES string of the molecule is OCC1CCN(c2ccccc2NCc2cccc(Cl)c2O)CC1. The highest BCUT2D eigenvalue weighted by atomic mass is 35.5. The fourth-order valence-corrected chi connectivity index (χ4v) is 3.34. The molecule has 128 valence electrons. The van der Waals surface area contributed by atoms with Gasteiger partial charge in [-0.2, -0.15) is 0 Å². The number of benzene rings is 2. The van der Waals surface area contributed by atoms with Gasteiger partial charge in [0.2, 0.25) is 0 Å². The van der Waals surface area contributed by atoms with E-state index in [4.69, 9.17) is 11.6 Å². The number of halogens is 1. The maximum atomic E-state index is 10.0. The molecule has 5 heteroatoms. The number of phenols is 1. The first kappa shape index (κ1) is 16.9. The first-order valence-corrected chi connectivity index (χ1v) is 8.72. The van der Waals surface area contributed by atoms with E-state index in [2.05, 4.69) is 22.3 Å². The summed E-state index contributed by atoms with van der Waals surface area (Å²) in [4.78, 5) is 2.35. The van der Waals surface area contributed by atoms with E-state index in [9.17, 15) is 10.2 Å². The predicted molar refractivity (Wildman–Crippen MR) is 98.9 cm³/mol. The first-order chi connectivity index (χ1) is 11.7. The van der Waals surface area contributed by atoms with Crippen molar-refractivity contribution in [1.29, 1.82) is 0 Å². The number of rotatable bonds is 5. The fraction of sp³-hybridized carbons (Fsp3) is 0.368. The molecule has 1 fully saturated rings. The van der Waals surface area contributed by atoms with Crippen molar-refractivity contribution >= 4 is 23.0 Å². The smallest absolute Gasteiger partial charge is 0.139 e. The molecule has 0 amide bonds. The second kappa shape index (κ2) is 7.77. The fourth-order valence-electron chi connectivity index (χ4n) is 3.15. The monoisotopic (exact) mass is 346 g/mol. The lowest BCUT2D eigenvalue weighted by molar-refractivity contribution is 0.203. The Kier molecular flexibility index (Phi) is 5.48. The molecule has 0 aliphatic carbocycles. The van der Waals surface area contributed by atoms with E-state index in [1.54, 1.807) is 6.07 Å². The van der Waals surface area contributed by atoms with Crippen LogP contribution in [-0.2, 0) is 6.54 Å². The Bertz CT molecular complexity index is 685. The average Bonchev–Trinajstić information content (AvgIpc) is 2.63. The minimum atomic E-state index is 0.132. The quantitative estimate of drug-likeness (QED) is 0.769. The van der Waals surface area contributed by atoms with E-state index >= 15 is 0 Å². The van der Waals surface area contributed by atoms with Gasteiger partial charge in [-0.05, 0) is 37.0 Å². The van der Waals surface area contributed by atoms with Crippen molar-refractivity contribution in [1.82, 2.24) is 0 Å². The number of aromatic hydroxyl groups is 1. The summed E-state index contributed by atoms with van der Waals surface area (Å²) in [5, 5.41) is 23.1. The largest absolute Gasteiger partial charge is 0.506 e. The summed E-state index contributed by atoms with van der Waals surface area (Å²) in [6, 6.07) is 13.6. The van der Waals surface area contributed by atoms with Crippen LogP contribution in [0.2, 0.25) is 5.02 Å². The van der Waals surface area contributed by atoms with Crippen LogP contribution in [-0.4, -0.2) is 29.9 Å². The maximum Gasteiger partial charge on any atom is 0.139 e. The summed E-state index contributed by atoms with van der Waals surface area (Å²) >= 11 is 5.97. The highest BCUT2D eigenvalue weighted by Gasteiger charge is 2.20. The number of para-hydroxylation sites is 3. The second-order valence-corrected chi connectivity index (χ2v) is 6.64. The number of phenolic OH excluding ortho intramolecular Hbond substituents is 1. The summed E-state index contributed by atoms with van der Waals surface area (Å²) in [5.41, 5.74) is 2.98. The Hall–Kier alpha value is -1.91. The lowest BCUT2D eigenvalue weighted by atomic mass is 9.97. The van der Waals surface area contributed by atoms with Gasteiger partial charge in [-0.25, -0.2) is 0 Å². The molecule has 0 unspecified atom stereocenters. The Balaban J connectivity index is 1.72. The van der Waals surface area contributed by atoms with Crippen LogP contribution in [0.4, 0.5) is 11.4 Å². The number of nitrogens with one attached hydrogen (secondary N) is 1.